The number of benzene rings is 3. The van der Waals surface area contributed by atoms with E-state index in [0.717, 1.165) is 0 Å². The van der Waals surface area contributed by atoms with Crippen molar-refractivity contribution in [2.45, 2.75) is 0 Å². The Labute approximate surface area is 169 Å². The molecule has 0 spiro atoms. The Hall–Kier alpha value is -4.46. The van der Waals surface area contributed by atoms with E-state index in [1.807, 2.05) is 0 Å². The van der Waals surface area contributed by atoms with Crippen molar-refractivity contribution < 1.29 is 38.9 Å². The van der Waals surface area contributed by atoms with Crippen LogP contribution in [0, 0.1) is 0 Å². The molecular weight excluding hydrogens is 392 g/mol. The lowest BCUT2D eigenvalue weighted by atomic mass is 9.93. The molecule has 0 saturated carbocycles. The van der Waals surface area contributed by atoms with Gasteiger partial charge in [0.15, 0.2) is 0 Å². The summed E-state index contributed by atoms with van der Waals surface area (Å²) >= 11 is 0. The highest BCUT2D eigenvalue weighted by Gasteiger charge is 2.19. The Kier molecular flexibility index (Phi) is 5.88. The van der Waals surface area contributed by atoms with Crippen LogP contribution in [0.1, 0.15) is 20.7 Å². The van der Waals surface area contributed by atoms with Gasteiger partial charge in [-0.05, 0) is 53.1 Å². The number of aromatic carboxylic acids is 2. The molecule has 3 rings (SSSR count). The van der Waals surface area contributed by atoms with Crippen LogP contribution in [0.25, 0.3) is 22.3 Å². The van der Waals surface area contributed by atoms with Crippen LogP contribution < -0.4 is 9.47 Å². The van der Waals surface area contributed by atoms with Crippen molar-refractivity contribution in [2.24, 2.45) is 0 Å². The molecule has 3 aromatic carbocycles. The van der Waals surface area contributed by atoms with Crippen molar-refractivity contribution in [1.82, 2.24) is 0 Å². The second-order valence-corrected chi connectivity index (χ2v) is 6.03. The largest absolute Gasteiger partial charge is 0.478 e. The maximum Gasteiger partial charge on any atom is 0.336 e. The second kappa shape index (κ2) is 8.70. The summed E-state index contributed by atoms with van der Waals surface area (Å²) in [6, 6.07) is 14.6. The zero-order valence-corrected chi connectivity index (χ0v) is 15.3. The number of carboxylic acid groups (broad SMARTS) is 2. The van der Waals surface area contributed by atoms with Gasteiger partial charge in [-0.3, -0.25) is 9.59 Å². The van der Waals surface area contributed by atoms with Gasteiger partial charge in [-0.1, -0.05) is 24.3 Å². The van der Waals surface area contributed by atoms with Crippen molar-refractivity contribution in [3.05, 3.63) is 71.8 Å². The van der Waals surface area contributed by atoms with Gasteiger partial charge in [0, 0.05) is 5.56 Å². The first kappa shape index (κ1) is 20.3. The fraction of sp³-hybridized carbons (Fsp3) is 0. The highest BCUT2D eigenvalue weighted by molar-refractivity contribution is 5.99. The summed E-state index contributed by atoms with van der Waals surface area (Å²) in [4.78, 5) is 44.4. The first-order valence-electron chi connectivity index (χ1n) is 8.50. The monoisotopic (exact) mass is 406 g/mol. The first-order valence-corrected chi connectivity index (χ1v) is 8.50. The number of ether oxygens (including phenoxy) is 2. The van der Waals surface area contributed by atoms with Crippen LogP contribution in [-0.2, 0) is 9.59 Å². The lowest BCUT2D eigenvalue weighted by Crippen LogP contribution is -2.03. The van der Waals surface area contributed by atoms with E-state index < -0.39 is 11.9 Å². The zero-order valence-electron chi connectivity index (χ0n) is 15.3. The van der Waals surface area contributed by atoms with E-state index in [0.29, 0.717) is 22.4 Å². The molecule has 8 nitrogen and oxygen atoms in total. The van der Waals surface area contributed by atoms with E-state index in [1.54, 1.807) is 12.1 Å². The summed E-state index contributed by atoms with van der Waals surface area (Å²) in [5, 5.41) is 18.8. The normalized spacial score (nSPS) is 10.1. The Morgan fingerprint density at radius 1 is 0.700 bits per heavy atom. The molecule has 30 heavy (non-hydrogen) atoms. The molecule has 0 amide bonds. The van der Waals surface area contributed by atoms with Gasteiger partial charge in [-0.2, -0.15) is 0 Å². The summed E-state index contributed by atoms with van der Waals surface area (Å²) in [7, 11) is 0. The smallest absolute Gasteiger partial charge is 0.336 e. The molecule has 0 bridgehead atoms. The Morgan fingerprint density at radius 3 is 1.80 bits per heavy atom. The fourth-order valence-electron chi connectivity index (χ4n) is 2.93. The maximum absolute atomic E-state index is 11.9. The van der Waals surface area contributed by atoms with Crippen molar-refractivity contribution in [1.29, 1.82) is 0 Å². The molecule has 0 aliphatic rings. The highest BCUT2D eigenvalue weighted by Crippen LogP contribution is 2.37. The van der Waals surface area contributed by atoms with Crippen LogP contribution in [0.5, 0.6) is 11.5 Å². The summed E-state index contributed by atoms with van der Waals surface area (Å²) in [6.07, 6.45) is 0. The Bertz CT molecular complexity index is 1120. The predicted molar refractivity (Wildman–Crippen MR) is 105 cm³/mol. The first-order chi connectivity index (χ1) is 14.4. The molecule has 3 aromatic rings. The van der Waals surface area contributed by atoms with Gasteiger partial charge in [0.1, 0.15) is 11.5 Å². The molecule has 0 fully saturated rings. The standard InChI is InChI=1S/C22H14O8/c23-11-29-16-7-5-14(6-8-16)18-9-19(22(27)28)17(10-20(18)30-12-24)13-1-3-15(4-2-13)21(25)26/h1-12H,(H,25,26)(H,27,28). The number of rotatable bonds is 8. The topological polar surface area (TPSA) is 127 Å². The maximum atomic E-state index is 11.9. The number of carbonyl (C=O) groups excluding carboxylic acids is 2. The van der Waals surface area contributed by atoms with Crippen LogP contribution >= 0.6 is 0 Å². The number of hydrogen-bond acceptors (Lipinski definition) is 6. The van der Waals surface area contributed by atoms with E-state index in [-0.39, 0.29) is 35.4 Å². The third-order valence-electron chi connectivity index (χ3n) is 4.32. The molecule has 0 aromatic heterocycles. The van der Waals surface area contributed by atoms with Crippen LogP contribution in [-0.4, -0.2) is 35.1 Å². The van der Waals surface area contributed by atoms with Crippen LogP contribution in [0.2, 0.25) is 0 Å². The number of hydrogen-bond donors (Lipinski definition) is 2. The molecule has 0 unspecified atom stereocenters. The highest BCUT2D eigenvalue weighted by atomic mass is 16.5. The molecule has 2 N–H and O–H groups in total. The molecule has 0 heterocycles. The van der Waals surface area contributed by atoms with Gasteiger partial charge < -0.3 is 19.7 Å². The van der Waals surface area contributed by atoms with Crippen molar-refractivity contribution in [2.75, 3.05) is 0 Å². The van der Waals surface area contributed by atoms with Gasteiger partial charge in [-0.15, -0.1) is 0 Å². The van der Waals surface area contributed by atoms with Crippen LogP contribution in [0.3, 0.4) is 0 Å². The number of carbonyl (C=O) groups is 4. The molecule has 0 aliphatic heterocycles. The molecule has 0 saturated heterocycles. The van der Waals surface area contributed by atoms with Crippen molar-refractivity contribution >= 4 is 24.9 Å². The molecule has 0 radical (unpaired) electrons. The van der Waals surface area contributed by atoms with Gasteiger partial charge in [0.05, 0.1) is 11.1 Å². The lowest BCUT2D eigenvalue weighted by molar-refractivity contribution is -0.121. The summed E-state index contributed by atoms with van der Waals surface area (Å²) in [5.74, 6) is -1.92. The summed E-state index contributed by atoms with van der Waals surface area (Å²) < 4.78 is 9.81. The Morgan fingerprint density at radius 2 is 1.27 bits per heavy atom. The third kappa shape index (κ3) is 4.17. The average Bonchev–Trinajstić information content (AvgIpc) is 2.74. The number of carboxylic acids is 2. The van der Waals surface area contributed by atoms with Gasteiger partial charge in [0.25, 0.3) is 12.9 Å². The van der Waals surface area contributed by atoms with Crippen molar-refractivity contribution in [3.63, 3.8) is 0 Å². The van der Waals surface area contributed by atoms with Crippen LogP contribution in [0.15, 0.2) is 60.7 Å². The molecule has 0 aliphatic carbocycles. The molecule has 150 valence electrons. The van der Waals surface area contributed by atoms with E-state index in [4.69, 9.17) is 14.6 Å². The zero-order chi connectivity index (χ0) is 21.7. The third-order valence-corrected chi connectivity index (χ3v) is 4.32. The summed E-state index contributed by atoms with van der Waals surface area (Å²) in [5.41, 5.74) is 1.53. The molecule has 0 atom stereocenters. The summed E-state index contributed by atoms with van der Waals surface area (Å²) in [6.45, 7) is 0.503. The Balaban J connectivity index is 2.16. The fourth-order valence-corrected chi connectivity index (χ4v) is 2.93. The quantitative estimate of drug-likeness (QED) is 0.544. The van der Waals surface area contributed by atoms with Gasteiger partial charge >= 0.3 is 11.9 Å². The molecular formula is C22H14O8. The minimum Gasteiger partial charge on any atom is -0.478 e. The van der Waals surface area contributed by atoms with E-state index in [1.165, 1.54) is 48.5 Å². The van der Waals surface area contributed by atoms with E-state index in [9.17, 15) is 24.3 Å². The minimum atomic E-state index is -1.22. The van der Waals surface area contributed by atoms with Crippen molar-refractivity contribution in [3.8, 4) is 33.8 Å². The molecule has 8 heteroatoms. The lowest BCUT2D eigenvalue weighted by Gasteiger charge is -2.14. The van der Waals surface area contributed by atoms with E-state index >= 15 is 0 Å². The van der Waals surface area contributed by atoms with E-state index in [2.05, 4.69) is 0 Å². The second-order valence-electron chi connectivity index (χ2n) is 6.03. The van der Waals surface area contributed by atoms with Gasteiger partial charge in [-0.25, -0.2) is 9.59 Å². The van der Waals surface area contributed by atoms with Crippen LogP contribution in [0.4, 0.5) is 0 Å². The van der Waals surface area contributed by atoms with Gasteiger partial charge in [0.2, 0.25) is 0 Å². The SMILES string of the molecule is O=COc1ccc(-c2cc(C(=O)O)c(-c3ccc(C(=O)O)cc3)cc2OC=O)cc1. The average molecular weight is 406 g/mol. The minimum absolute atomic E-state index is 0.0502. The predicted octanol–water partition coefficient (Wildman–Crippen LogP) is 3.49.